The summed E-state index contributed by atoms with van der Waals surface area (Å²) < 4.78 is 7.26. The Labute approximate surface area is 814 Å². The number of rotatable bonds is 8. The van der Waals surface area contributed by atoms with Gasteiger partial charge >= 0.3 is 0 Å². The summed E-state index contributed by atoms with van der Waals surface area (Å²) >= 11 is 0. The Balaban J connectivity index is 0.000000105. The lowest BCUT2D eigenvalue weighted by Crippen LogP contribution is -2.28. The van der Waals surface area contributed by atoms with Gasteiger partial charge in [0.05, 0.1) is 72.1 Å². The van der Waals surface area contributed by atoms with Crippen LogP contribution in [0.15, 0.2) is 473 Å². The highest BCUT2D eigenvalue weighted by molar-refractivity contribution is 6.27. The molecule has 660 valence electrons. The summed E-state index contributed by atoms with van der Waals surface area (Å²) in [5.41, 5.74) is 35.1. The number of para-hydroxylation sites is 6. The highest BCUT2D eigenvalue weighted by Gasteiger charge is 2.47. The van der Waals surface area contributed by atoms with Gasteiger partial charge in [0.1, 0.15) is 0 Å². The molecule has 6 aromatic heterocycles. The first-order valence-corrected chi connectivity index (χ1v) is 48.9. The number of benzene rings is 22. The second kappa shape index (κ2) is 31.8. The Morgan fingerprint density at radius 1 is 0.184 bits per heavy atom. The third kappa shape index (κ3) is 12.4. The molecule has 141 heavy (non-hydrogen) atoms. The van der Waals surface area contributed by atoms with Crippen LogP contribution in [0.1, 0.15) is 58.4 Å². The van der Waals surface area contributed by atoms with E-state index in [4.69, 9.17) is 15.0 Å². The minimum absolute atomic E-state index is 0.158. The molecule has 0 aliphatic heterocycles. The number of hydrogen-bond donors (Lipinski definition) is 0. The Hall–Kier alpha value is -18.0. The predicted molar refractivity (Wildman–Crippen MR) is 594 cm³/mol. The molecule has 22 aromatic carbocycles. The van der Waals surface area contributed by atoms with Crippen LogP contribution >= 0.6 is 0 Å². The maximum atomic E-state index is 5.49. The number of hydrogen-bond acceptors (Lipinski definition) is 3. The molecule has 0 atom stereocenters. The maximum Gasteiger partial charge on any atom is 0.0794 e. The molecule has 30 rings (SSSR count). The third-order valence-corrected chi connectivity index (χ3v) is 30.9. The van der Waals surface area contributed by atoms with Gasteiger partial charge in [0, 0.05) is 104 Å². The molecule has 0 saturated carbocycles. The molecule has 6 nitrogen and oxygen atoms in total. The van der Waals surface area contributed by atoms with Gasteiger partial charge in [0.2, 0.25) is 0 Å². The first-order chi connectivity index (χ1) is 69.5. The summed E-state index contributed by atoms with van der Waals surface area (Å²) in [5, 5.41) is 26.1. The Bertz CT molecular complexity index is 9850. The second-order valence-electron chi connectivity index (χ2n) is 38.7. The lowest BCUT2D eigenvalue weighted by molar-refractivity contribution is 0.660. The molecular weight excluding hydrogens is 1710 g/mol. The van der Waals surface area contributed by atoms with E-state index in [-0.39, 0.29) is 5.41 Å². The summed E-state index contributed by atoms with van der Waals surface area (Å²) in [6, 6.07) is 173. The first kappa shape index (κ1) is 81.4. The minimum Gasteiger partial charge on any atom is -0.309 e. The van der Waals surface area contributed by atoms with Gasteiger partial charge in [0.15, 0.2) is 0 Å². The fourth-order valence-corrected chi connectivity index (χ4v) is 24.4. The summed E-state index contributed by atoms with van der Waals surface area (Å²) in [5.74, 6) is 0. The summed E-state index contributed by atoms with van der Waals surface area (Å²) in [7, 11) is 0. The molecule has 0 spiro atoms. The summed E-state index contributed by atoms with van der Waals surface area (Å²) in [6.07, 6.45) is 0. The van der Waals surface area contributed by atoms with Gasteiger partial charge in [-0.25, -0.2) is 15.0 Å². The SMILES string of the molecule is CC1(C)c2cc(-c3ccc4c5ccccc5c5ccccc5c4n3)ccc2-c2ccc(-n3c4ccccc4c4ccccc43)cc21.Cc1cc(-n2c3ccccc3c3ccccc32)c(C)cc1-c1ccc2c3ccccc3c3ccccc3c2n1.c1ccc(C2(c3ccccc3)c3cc(-c4ccc5c6ccccc6c6ccccc6c5n4)ccc3-c3ccc(-n4c5ccccc5c5ccccc54)cc32)cc1. The molecule has 0 bridgehead atoms. The van der Waals surface area contributed by atoms with Crippen molar-refractivity contribution >= 4 is 163 Å². The Morgan fingerprint density at radius 3 is 0.801 bits per heavy atom. The van der Waals surface area contributed by atoms with E-state index in [0.717, 1.165) is 50.4 Å². The van der Waals surface area contributed by atoms with Crippen LogP contribution in [0.5, 0.6) is 0 Å². The van der Waals surface area contributed by atoms with Crippen LogP contribution in [-0.4, -0.2) is 28.7 Å². The van der Waals surface area contributed by atoms with Crippen molar-refractivity contribution in [2.24, 2.45) is 0 Å². The lowest BCUT2D eigenvalue weighted by atomic mass is 9.67. The van der Waals surface area contributed by atoms with Crippen molar-refractivity contribution in [1.29, 1.82) is 0 Å². The van der Waals surface area contributed by atoms with E-state index in [9.17, 15) is 0 Å². The normalized spacial score (nSPS) is 12.9. The topological polar surface area (TPSA) is 53.5 Å². The predicted octanol–water partition coefficient (Wildman–Crippen LogP) is 35.2. The van der Waals surface area contributed by atoms with Crippen molar-refractivity contribution in [3.63, 3.8) is 0 Å². The third-order valence-electron chi connectivity index (χ3n) is 30.9. The van der Waals surface area contributed by atoms with Gasteiger partial charge in [0.25, 0.3) is 0 Å². The van der Waals surface area contributed by atoms with Crippen molar-refractivity contribution in [3.05, 3.63) is 518 Å². The molecule has 2 aliphatic rings. The zero-order valence-corrected chi connectivity index (χ0v) is 78.2. The smallest absolute Gasteiger partial charge is 0.0794 e. The molecule has 28 aromatic rings. The van der Waals surface area contributed by atoms with Crippen molar-refractivity contribution in [1.82, 2.24) is 28.7 Å². The molecule has 0 unspecified atom stereocenters. The average Bonchev–Trinajstić information content (AvgIpc) is 1.54. The average molecular weight is 1800 g/mol. The van der Waals surface area contributed by atoms with E-state index in [1.54, 1.807) is 0 Å². The van der Waals surface area contributed by atoms with E-state index in [1.807, 2.05) is 0 Å². The summed E-state index contributed by atoms with van der Waals surface area (Å²) in [4.78, 5) is 16.2. The zero-order valence-electron chi connectivity index (χ0n) is 78.2. The molecule has 6 heterocycles. The van der Waals surface area contributed by atoms with Crippen molar-refractivity contribution in [2.75, 3.05) is 0 Å². The fraction of sp³-hybridized carbons (Fsp3) is 0.0444. The molecule has 0 radical (unpaired) electrons. The van der Waals surface area contributed by atoms with Gasteiger partial charge in [-0.05, 0) is 250 Å². The number of fused-ring (bicyclic) bond motifs is 33. The first-order valence-electron chi connectivity index (χ1n) is 48.9. The van der Waals surface area contributed by atoms with Crippen LogP contribution in [0.25, 0.3) is 236 Å². The van der Waals surface area contributed by atoms with E-state index in [1.165, 1.54) is 230 Å². The van der Waals surface area contributed by atoms with Gasteiger partial charge in [-0.3, -0.25) is 0 Å². The van der Waals surface area contributed by atoms with Crippen LogP contribution in [-0.2, 0) is 10.8 Å². The van der Waals surface area contributed by atoms with E-state index in [0.29, 0.717) is 0 Å². The molecule has 2 aliphatic carbocycles. The number of aryl methyl sites for hydroxylation is 2. The van der Waals surface area contributed by atoms with E-state index < -0.39 is 5.41 Å². The molecule has 0 fully saturated rings. The Kier molecular flexibility index (Phi) is 18.4. The summed E-state index contributed by atoms with van der Waals surface area (Å²) in [6.45, 7) is 9.15. The van der Waals surface area contributed by atoms with Gasteiger partial charge < -0.3 is 13.7 Å². The van der Waals surface area contributed by atoms with Gasteiger partial charge in [-0.15, -0.1) is 0 Å². The minimum atomic E-state index is -0.572. The number of nitrogens with zero attached hydrogens (tertiary/aromatic N) is 6. The standard InChI is InChI=1S/C54H34N2.C44H30N2.C37H26N2/c1-3-15-36(16-4-1)54(37-17-5-2-6-18-37)48-33-35(50-32-31-47-41-21-8-7-19-39(41)40-20-9-10-24-46(40)53(47)55-50)27-29-42(48)43-30-28-38(34-49(43)54)56-51-25-13-11-22-44(51)45-23-12-14-26-52(45)56;1-44(2)38-25-27(40-24-23-37-31-13-4-3-11-29(31)30-12-5-6-16-36(30)43(37)45-40)19-21-32(38)33-22-20-28(26-39(33)44)46-41-17-9-7-14-34(41)35-15-8-10-18-42(35)46;1-23-22-36(39-34-17-9-7-14-28(34)29-15-8-10-18-35(29)39)24(2)21-32(23)33-20-19-31-27-13-4-3-11-25(27)26-12-5-6-16-30(26)37(31)38-33/h1-34H;3-26H,1-2H3;3-22H,1-2H3. The number of aromatic nitrogens is 6. The van der Waals surface area contributed by atoms with E-state index in [2.05, 4.69) is 515 Å². The van der Waals surface area contributed by atoms with Crippen molar-refractivity contribution in [2.45, 2.75) is 38.5 Å². The van der Waals surface area contributed by atoms with E-state index >= 15 is 0 Å². The molecule has 0 N–H and O–H groups in total. The largest absolute Gasteiger partial charge is 0.309 e. The van der Waals surface area contributed by atoms with Crippen molar-refractivity contribution in [3.8, 4) is 73.1 Å². The van der Waals surface area contributed by atoms with Crippen LogP contribution in [0, 0.1) is 13.8 Å². The Morgan fingerprint density at radius 2 is 0.440 bits per heavy atom. The van der Waals surface area contributed by atoms with Gasteiger partial charge in [-0.1, -0.05) is 366 Å². The van der Waals surface area contributed by atoms with Gasteiger partial charge in [-0.2, -0.15) is 0 Å². The number of pyridine rings is 3. The second-order valence-corrected chi connectivity index (χ2v) is 38.7. The molecule has 6 heteroatoms. The van der Waals surface area contributed by atoms with Crippen LogP contribution < -0.4 is 0 Å². The van der Waals surface area contributed by atoms with Crippen LogP contribution in [0.4, 0.5) is 0 Å². The lowest BCUT2D eigenvalue weighted by Gasteiger charge is -2.34. The van der Waals surface area contributed by atoms with Crippen LogP contribution in [0.3, 0.4) is 0 Å². The monoisotopic (exact) mass is 1790 g/mol. The quantitative estimate of drug-likeness (QED) is 0.143. The molecule has 0 amide bonds. The molecular formula is C135H90N6. The zero-order chi connectivity index (χ0) is 93.5. The van der Waals surface area contributed by atoms with Crippen LogP contribution in [0.2, 0.25) is 0 Å². The highest BCUT2D eigenvalue weighted by Crippen LogP contribution is 2.59. The fourth-order valence-electron chi connectivity index (χ4n) is 24.4. The van der Waals surface area contributed by atoms with Crippen molar-refractivity contribution < 1.29 is 0 Å². The highest BCUT2D eigenvalue weighted by atomic mass is 15.0. The molecule has 0 saturated heterocycles. The maximum absolute atomic E-state index is 5.49.